The van der Waals surface area contributed by atoms with Gasteiger partial charge in [-0.25, -0.2) is 0 Å². The Kier molecular flexibility index (Phi) is 3.23. The van der Waals surface area contributed by atoms with Gasteiger partial charge < -0.3 is 10.3 Å². The minimum atomic E-state index is 0.548. The number of nitrogens with zero attached hydrogens (tertiary/aromatic N) is 5. The number of aromatic nitrogens is 5. The third-order valence-electron chi connectivity index (χ3n) is 3.83. The average molecular weight is 260 g/mol. The van der Waals surface area contributed by atoms with Crippen molar-refractivity contribution in [2.24, 2.45) is 0 Å². The van der Waals surface area contributed by atoms with Gasteiger partial charge in [-0.3, -0.25) is 4.68 Å². The van der Waals surface area contributed by atoms with E-state index < -0.39 is 0 Å². The van der Waals surface area contributed by atoms with Gasteiger partial charge in [0.15, 0.2) is 5.82 Å². The molecule has 0 radical (unpaired) electrons. The molecule has 0 unspecified atom stereocenters. The summed E-state index contributed by atoms with van der Waals surface area (Å²) < 4.78 is 4.11. The first-order valence-electron chi connectivity index (χ1n) is 6.92. The summed E-state index contributed by atoms with van der Waals surface area (Å²) in [5.41, 5.74) is 6.37. The van der Waals surface area contributed by atoms with Crippen LogP contribution in [0.2, 0.25) is 0 Å². The molecule has 6 nitrogen and oxygen atoms in total. The molecule has 2 aromatic heterocycles. The largest absolute Gasteiger partial charge is 0.396 e. The van der Waals surface area contributed by atoms with Gasteiger partial charge in [-0.2, -0.15) is 5.10 Å². The summed E-state index contributed by atoms with van der Waals surface area (Å²) in [6.07, 6.45) is 9.90. The first kappa shape index (κ1) is 12.2. The molecular formula is C13H20N6. The van der Waals surface area contributed by atoms with Gasteiger partial charge in [0, 0.05) is 12.2 Å². The van der Waals surface area contributed by atoms with Gasteiger partial charge in [0.05, 0.1) is 11.9 Å². The van der Waals surface area contributed by atoms with Crippen LogP contribution < -0.4 is 5.73 Å². The fraction of sp³-hybridized carbons (Fsp3) is 0.615. The molecule has 0 spiro atoms. The van der Waals surface area contributed by atoms with Crippen molar-refractivity contribution in [1.82, 2.24) is 24.5 Å². The smallest absolute Gasteiger partial charge is 0.155 e. The van der Waals surface area contributed by atoms with Crippen molar-refractivity contribution in [3.63, 3.8) is 0 Å². The Hall–Kier alpha value is -1.85. The van der Waals surface area contributed by atoms with E-state index in [2.05, 4.69) is 19.9 Å². The van der Waals surface area contributed by atoms with Crippen LogP contribution in [0.25, 0.3) is 0 Å². The predicted octanol–water partition coefficient (Wildman–Crippen LogP) is 1.92. The maximum Gasteiger partial charge on any atom is 0.155 e. The van der Waals surface area contributed by atoms with E-state index in [1.807, 2.05) is 17.8 Å². The molecule has 19 heavy (non-hydrogen) atoms. The fourth-order valence-electron chi connectivity index (χ4n) is 2.95. The first-order valence-corrected chi connectivity index (χ1v) is 6.92. The molecule has 2 aromatic rings. The van der Waals surface area contributed by atoms with E-state index in [0.29, 0.717) is 18.3 Å². The van der Waals surface area contributed by atoms with E-state index in [9.17, 15) is 0 Å². The Morgan fingerprint density at radius 2 is 2.05 bits per heavy atom. The normalized spacial score (nSPS) is 16.9. The second kappa shape index (κ2) is 5.03. The quantitative estimate of drug-likeness (QED) is 0.914. The van der Waals surface area contributed by atoms with Crippen LogP contribution in [-0.4, -0.2) is 24.5 Å². The van der Waals surface area contributed by atoms with Gasteiger partial charge in [0.1, 0.15) is 12.4 Å². The predicted molar refractivity (Wildman–Crippen MR) is 72.6 cm³/mol. The monoisotopic (exact) mass is 260 g/mol. The molecule has 1 fully saturated rings. The van der Waals surface area contributed by atoms with Gasteiger partial charge >= 0.3 is 0 Å². The lowest BCUT2D eigenvalue weighted by Gasteiger charge is -2.25. The number of rotatable bonds is 3. The molecule has 0 aromatic carbocycles. The molecule has 1 aliphatic rings. The third kappa shape index (κ3) is 2.47. The minimum absolute atomic E-state index is 0.548. The van der Waals surface area contributed by atoms with Crippen LogP contribution in [0.4, 0.5) is 5.69 Å². The molecule has 2 heterocycles. The van der Waals surface area contributed by atoms with Crippen molar-refractivity contribution in [1.29, 1.82) is 0 Å². The van der Waals surface area contributed by atoms with Crippen molar-refractivity contribution in [3.05, 3.63) is 24.0 Å². The third-order valence-corrected chi connectivity index (χ3v) is 3.83. The zero-order valence-corrected chi connectivity index (χ0v) is 11.3. The Balaban J connectivity index is 1.85. The fourth-order valence-corrected chi connectivity index (χ4v) is 2.95. The van der Waals surface area contributed by atoms with Crippen LogP contribution in [0.3, 0.4) is 0 Å². The zero-order valence-electron chi connectivity index (χ0n) is 11.3. The summed E-state index contributed by atoms with van der Waals surface area (Å²) in [4.78, 5) is 0. The molecule has 0 saturated heterocycles. The lowest BCUT2D eigenvalue weighted by molar-refractivity contribution is 0.338. The highest BCUT2D eigenvalue weighted by atomic mass is 15.3. The van der Waals surface area contributed by atoms with Gasteiger partial charge in [-0.05, 0) is 19.8 Å². The lowest BCUT2D eigenvalue weighted by Crippen LogP contribution is -2.18. The Morgan fingerprint density at radius 1 is 1.26 bits per heavy atom. The maximum atomic E-state index is 5.69. The van der Waals surface area contributed by atoms with Crippen LogP contribution in [0, 0.1) is 6.92 Å². The summed E-state index contributed by atoms with van der Waals surface area (Å²) in [6, 6.07) is 0.548. The van der Waals surface area contributed by atoms with Crippen LogP contribution in [0.5, 0.6) is 0 Å². The van der Waals surface area contributed by atoms with Gasteiger partial charge in [0.2, 0.25) is 0 Å². The SMILES string of the molecule is Cc1nnc(Cn2cc(N)cn2)n1C1CCCCC1. The second-order valence-corrected chi connectivity index (χ2v) is 5.30. The van der Waals surface area contributed by atoms with Gasteiger partial charge in [0.25, 0.3) is 0 Å². The molecule has 6 heteroatoms. The second-order valence-electron chi connectivity index (χ2n) is 5.30. The molecular weight excluding hydrogens is 240 g/mol. The van der Waals surface area contributed by atoms with Crippen molar-refractivity contribution in [2.75, 3.05) is 5.73 Å². The highest BCUT2D eigenvalue weighted by Crippen LogP contribution is 2.29. The highest BCUT2D eigenvalue weighted by Gasteiger charge is 2.21. The minimum Gasteiger partial charge on any atom is -0.396 e. The Labute approximate surface area is 112 Å². The molecule has 0 aliphatic heterocycles. The average Bonchev–Trinajstić information content (AvgIpc) is 2.98. The molecule has 1 aliphatic carbocycles. The van der Waals surface area contributed by atoms with Crippen molar-refractivity contribution in [2.45, 2.75) is 51.6 Å². The highest BCUT2D eigenvalue weighted by molar-refractivity contribution is 5.30. The van der Waals surface area contributed by atoms with Crippen LogP contribution >= 0.6 is 0 Å². The summed E-state index contributed by atoms with van der Waals surface area (Å²) >= 11 is 0. The molecule has 1 saturated carbocycles. The van der Waals surface area contributed by atoms with E-state index in [0.717, 1.165) is 11.6 Å². The number of nitrogens with two attached hydrogens (primary N) is 1. The first-order chi connectivity index (χ1) is 9.24. The number of nitrogen functional groups attached to an aromatic ring is 1. The summed E-state index contributed by atoms with van der Waals surface area (Å²) in [5, 5.41) is 12.8. The van der Waals surface area contributed by atoms with Crippen molar-refractivity contribution in [3.8, 4) is 0 Å². The molecule has 0 bridgehead atoms. The molecule has 0 amide bonds. The molecule has 3 rings (SSSR count). The van der Waals surface area contributed by atoms with Gasteiger partial charge in [-0.15, -0.1) is 10.2 Å². The zero-order chi connectivity index (χ0) is 13.2. The lowest BCUT2D eigenvalue weighted by atomic mass is 9.95. The standard InChI is InChI=1S/C13H20N6/c1-10-16-17-13(9-18-8-11(14)7-15-18)19(10)12-5-3-2-4-6-12/h7-8,12H,2-6,9,14H2,1H3. The van der Waals surface area contributed by atoms with Crippen LogP contribution in [0.1, 0.15) is 49.8 Å². The van der Waals surface area contributed by atoms with Crippen molar-refractivity contribution < 1.29 is 0 Å². The molecule has 0 atom stereocenters. The van der Waals surface area contributed by atoms with E-state index in [1.165, 1.54) is 32.1 Å². The summed E-state index contributed by atoms with van der Waals surface area (Å²) in [7, 11) is 0. The van der Waals surface area contributed by atoms with E-state index in [1.54, 1.807) is 6.20 Å². The van der Waals surface area contributed by atoms with Crippen LogP contribution in [0.15, 0.2) is 12.4 Å². The van der Waals surface area contributed by atoms with Crippen LogP contribution in [-0.2, 0) is 6.54 Å². The van der Waals surface area contributed by atoms with E-state index in [4.69, 9.17) is 5.73 Å². The summed E-state index contributed by atoms with van der Waals surface area (Å²) in [6.45, 7) is 2.66. The van der Waals surface area contributed by atoms with E-state index >= 15 is 0 Å². The Bertz CT molecular complexity index is 549. The number of aryl methyl sites for hydroxylation is 1. The molecule has 102 valence electrons. The van der Waals surface area contributed by atoms with Crippen molar-refractivity contribution >= 4 is 5.69 Å². The van der Waals surface area contributed by atoms with E-state index in [-0.39, 0.29) is 0 Å². The molecule has 2 N–H and O–H groups in total. The number of anilines is 1. The number of hydrogen-bond acceptors (Lipinski definition) is 4. The Morgan fingerprint density at radius 3 is 2.74 bits per heavy atom. The maximum absolute atomic E-state index is 5.69. The number of hydrogen-bond donors (Lipinski definition) is 1. The van der Waals surface area contributed by atoms with Gasteiger partial charge in [-0.1, -0.05) is 19.3 Å². The summed E-state index contributed by atoms with van der Waals surface area (Å²) in [5.74, 6) is 1.98. The topological polar surface area (TPSA) is 74.6 Å².